The van der Waals surface area contributed by atoms with Gasteiger partial charge < -0.3 is 5.32 Å². The smallest absolute Gasteiger partial charge is 0.251 e. The van der Waals surface area contributed by atoms with Crippen molar-refractivity contribution in [2.45, 2.75) is 18.4 Å². The molecule has 0 heterocycles. The molecule has 0 saturated heterocycles. The van der Waals surface area contributed by atoms with Gasteiger partial charge in [-0.2, -0.15) is 5.26 Å². The predicted molar refractivity (Wildman–Crippen MR) is 61.3 cm³/mol. The minimum absolute atomic E-state index is 0.123. The Morgan fingerprint density at radius 1 is 1.44 bits per heavy atom. The van der Waals surface area contributed by atoms with E-state index in [0.717, 1.165) is 12.8 Å². The first kappa shape index (κ1) is 11.0. The molecular formula is C12H11ClN2O. The zero-order valence-corrected chi connectivity index (χ0v) is 9.42. The Labute approximate surface area is 99.0 Å². The van der Waals surface area contributed by atoms with Crippen molar-refractivity contribution < 1.29 is 4.79 Å². The van der Waals surface area contributed by atoms with Crippen molar-refractivity contribution in [3.8, 4) is 6.07 Å². The highest BCUT2D eigenvalue weighted by molar-refractivity contribution is 6.19. The second kappa shape index (κ2) is 4.15. The van der Waals surface area contributed by atoms with E-state index in [-0.39, 0.29) is 11.4 Å². The van der Waals surface area contributed by atoms with Crippen LogP contribution in [-0.4, -0.2) is 17.3 Å². The van der Waals surface area contributed by atoms with E-state index in [1.54, 1.807) is 24.3 Å². The Bertz CT molecular complexity index is 443. The van der Waals surface area contributed by atoms with Crippen LogP contribution in [0.1, 0.15) is 28.8 Å². The van der Waals surface area contributed by atoms with Gasteiger partial charge in [0.05, 0.1) is 17.2 Å². The molecule has 1 amide bonds. The highest BCUT2D eigenvalue weighted by Gasteiger charge is 2.43. The van der Waals surface area contributed by atoms with Crippen molar-refractivity contribution in [3.05, 3.63) is 35.4 Å². The predicted octanol–water partition coefficient (Wildman–Crippen LogP) is 2.06. The third kappa shape index (κ3) is 2.17. The van der Waals surface area contributed by atoms with Crippen molar-refractivity contribution in [3.63, 3.8) is 0 Å². The van der Waals surface area contributed by atoms with Gasteiger partial charge in [0.25, 0.3) is 5.91 Å². The van der Waals surface area contributed by atoms with Gasteiger partial charge >= 0.3 is 0 Å². The van der Waals surface area contributed by atoms with E-state index < -0.39 is 0 Å². The Kier molecular flexibility index (Phi) is 2.84. The molecule has 1 aromatic rings. The summed E-state index contributed by atoms with van der Waals surface area (Å²) in [6.45, 7) is 0. The molecule has 16 heavy (non-hydrogen) atoms. The number of halogens is 1. The lowest BCUT2D eigenvalue weighted by Gasteiger charge is -2.13. The SMILES string of the molecule is N#Cc1ccc(C(=O)NC2(CCl)CC2)cc1. The van der Waals surface area contributed by atoms with Gasteiger partial charge in [0.15, 0.2) is 0 Å². The van der Waals surface area contributed by atoms with Crippen molar-refractivity contribution in [1.29, 1.82) is 5.26 Å². The summed E-state index contributed by atoms with van der Waals surface area (Å²) < 4.78 is 0. The zero-order valence-electron chi connectivity index (χ0n) is 8.66. The number of carbonyl (C=O) groups is 1. The summed E-state index contributed by atoms with van der Waals surface area (Å²) in [5.74, 6) is 0.331. The summed E-state index contributed by atoms with van der Waals surface area (Å²) in [7, 11) is 0. The number of hydrogen-bond donors (Lipinski definition) is 1. The molecule has 0 atom stereocenters. The molecule has 1 aliphatic rings. The van der Waals surface area contributed by atoms with Gasteiger partial charge in [-0.05, 0) is 37.1 Å². The van der Waals surface area contributed by atoms with Crippen LogP contribution in [0, 0.1) is 11.3 Å². The number of rotatable bonds is 3. The number of nitriles is 1. The van der Waals surface area contributed by atoms with Gasteiger partial charge in [-0.1, -0.05) is 0 Å². The maximum Gasteiger partial charge on any atom is 0.251 e. The fourth-order valence-corrected chi connectivity index (χ4v) is 1.79. The maximum absolute atomic E-state index is 11.8. The summed E-state index contributed by atoms with van der Waals surface area (Å²) in [6, 6.07) is 8.58. The average molecular weight is 235 g/mol. The Balaban J connectivity index is 2.07. The lowest BCUT2D eigenvalue weighted by molar-refractivity contribution is 0.0936. The number of nitrogens with zero attached hydrogens (tertiary/aromatic N) is 1. The Morgan fingerprint density at radius 2 is 2.06 bits per heavy atom. The average Bonchev–Trinajstić information content (AvgIpc) is 3.09. The Morgan fingerprint density at radius 3 is 2.50 bits per heavy atom. The molecule has 0 spiro atoms. The van der Waals surface area contributed by atoms with Crippen LogP contribution in [-0.2, 0) is 0 Å². The van der Waals surface area contributed by atoms with Gasteiger partial charge in [-0.3, -0.25) is 4.79 Å². The molecule has 3 nitrogen and oxygen atoms in total. The minimum atomic E-state index is -0.188. The van der Waals surface area contributed by atoms with Crippen LogP contribution in [0.4, 0.5) is 0 Å². The van der Waals surface area contributed by atoms with Crippen LogP contribution >= 0.6 is 11.6 Å². The summed E-state index contributed by atoms with van der Waals surface area (Å²) in [5.41, 5.74) is 0.928. The molecule has 1 aliphatic carbocycles. The van der Waals surface area contributed by atoms with Crippen molar-refractivity contribution in [2.75, 3.05) is 5.88 Å². The minimum Gasteiger partial charge on any atom is -0.345 e. The van der Waals surface area contributed by atoms with Crippen LogP contribution < -0.4 is 5.32 Å². The van der Waals surface area contributed by atoms with Crippen molar-refractivity contribution >= 4 is 17.5 Å². The van der Waals surface area contributed by atoms with Gasteiger partial charge in [0.1, 0.15) is 0 Å². The van der Waals surface area contributed by atoms with E-state index in [1.807, 2.05) is 6.07 Å². The lowest BCUT2D eigenvalue weighted by atomic mass is 10.1. The van der Waals surface area contributed by atoms with Crippen LogP contribution in [0.3, 0.4) is 0 Å². The first-order chi connectivity index (χ1) is 7.69. The Hall–Kier alpha value is -1.53. The lowest BCUT2D eigenvalue weighted by Crippen LogP contribution is -2.38. The van der Waals surface area contributed by atoms with Gasteiger partial charge in [-0.15, -0.1) is 11.6 Å². The van der Waals surface area contributed by atoms with Crippen LogP contribution in [0.15, 0.2) is 24.3 Å². The quantitative estimate of drug-likeness (QED) is 0.814. The number of benzene rings is 1. The third-order valence-electron chi connectivity index (χ3n) is 2.76. The topological polar surface area (TPSA) is 52.9 Å². The molecule has 4 heteroatoms. The van der Waals surface area contributed by atoms with Gasteiger partial charge in [-0.25, -0.2) is 0 Å². The second-order valence-corrected chi connectivity index (χ2v) is 4.32. The highest BCUT2D eigenvalue weighted by Crippen LogP contribution is 2.36. The molecule has 0 aliphatic heterocycles. The van der Waals surface area contributed by atoms with Gasteiger partial charge in [0.2, 0.25) is 0 Å². The molecule has 2 rings (SSSR count). The van der Waals surface area contributed by atoms with Crippen LogP contribution in [0.5, 0.6) is 0 Å². The van der Waals surface area contributed by atoms with E-state index in [0.29, 0.717) is 17.0 Å². The molecule has 1 saturated carbocycles. The standard InChI is InChI=1S/C12H11ClN2O/c13-8-12(5-6-12)15-11(16)10-3-1-9(7-14)2-4-10/h1-4H,5-6,8H2,(H,15,16). The molecule has 0 bridgehead atoms. The van der Waals surface area contributed by atoms with E-state index in [2.05, 4.69) is 5.32 Å². The van der Waals surface area contributed by atoms with E-state index in [9.17, 15) is 4.79 Å². The zero-order chi connectivity index (χ0) is 11.6. The summed E-state index contributed by atoms with van der Waals surface area (Å²) in [5, 5.41) is 11.6. The number of amides is 1. The number of nitrogens with one attached hydrogen (secondary N) is 1. The maximum atomic E-state index is 11.8. The number of hydrogen-bond acceptors (Lipinski definition) is 2. The highest BCUT2D eigenvalue weighted by atomic mass is 35.5. The van der Waals surface area contributed by atoms with Gasteiger partial charge in [0, 0.05) is 11.4 Å². The number of carbonyl (C=O) groups excluding carboxylic acids is 1. The molecule has 0 aromatic heterocycles. The molecule has 1 aromatic carbocycles. The first-order valence-electron chi connectivity index (χ1n) is 5.08. The summed E-state index contributed by atoms with van der Waals surface area (Å²) in [4.78, 5) is 11.8. The number of alkyl halides is 1. The van der Waals surface area contributed by atoms with Crippen LogP contribution in [0.25, 0.3) is 0 Å². The van der Waals surface area contributed by atoms with E-state index in [1.165, 1.54) is 0 Å². The van der Waals surface area contributed by atoms with Crippen molar-refractivity contribution in [2.24, 2.45) is 0 Å². The fourth-order valence-electron chi connectivity index (χ4n) is 1.45. The third-order valence-corrected chi connectivity index (χ3v) is 3.28. The van der Waals surface area contributed by atoms with E-state index in [4.69, 9.17) is 16.9 Å². The summed E-state index contributed by atoms with van der Waals surface area (Å²) >= 11 is 5.78. The van der Waals surface area contributed by atoms with Crippen molar-refractivity contribution in [1.82, 2.24) is 5.32 Å². The van der Waals surface area contributed by atoms with E-state index >= 15 is 0 Å². The molecule has 0 unspecified atom stereocenters. The summed E-state index contributed by atoms with van der Waals surface area (Å²) in [6.07, 6.45) is 1.89. The first-order valence-corrected chi connectivity index (χ1v) is 5.61. The molecule has 1 N–H and O–H groups in total. The van der Waals surface area contributed by atoms with Crippen LogP contribution in [0.2, 0.25) is 0 Å². The molecule has 82 valence electrons. The molecular weight excluding hydrogens is 224 g/mol. The monoisotopic (exact) mass is 234 g/mol. The fraction of sp³-hybridized carbons (Fsp3) is 0.333. The second-order valence-electron chi connectivity index (χ2n) is 4.06. The molecule has 0 radical (unpaired) electrons. The largest absolute Gasteiger partial charge is 0.345 e. The molecule has 1 fully saturated rings. The normalized spacial score (nSPS) is 16.2.